The van der Waals surface area contributed by atoms with Gasteiger partial charge in [0.05, 0.1) is 10.2 Å². The third kappa shape index (κ3) is 2.68. The number of amides is 1. The first-order chi connectivity index (χ1) is 10.1. The maximum atomic E-state index is 12.2. The fourth-order valence-electron chi connectivity index (χ4n) is 1.91. The van der Waals surface area contributed by atoms with Crippen molar-refractivity contribution in [1.82, 2.24) is 14.8 Å². The minimum absolute atomic E-state index is 0.315. The summed E-state index contributed by atoms with van der Waals surface area (Å²) in [7, 11) is 0. The van der Waals surface area contributed by atoms with Gasteiger partial charge in [-0.3, -0.25) is 9.59 Å². The van der Waals surface area contributed by atoms with E-state index in [4.69, 9.17) is 0 Å². The fourth-order valence-corrected chi connectivity index (χ4v) is 2.78. The molecule has 1 aromatic carbocycles. The number of nitrogens with one attached hydrogen (secondary N) is 1. The van der Waals surface area contributed by atoms with Crippen LogP contribution in [0.15, 0.2) is 47.4 Å². The van der Waals surface area contributed by atoms with Gasteiger partial charge in [-0.15, -0.1) is 0 Å². The van der Waals surface area contributed by atoms with Crippen LogP contribution in [0.3, 0.4) is 0 Å². The Morgan fingerprint density at radius 2 is 2.10 bits per heavy atom. The Balaban J connectivity index is 1.83. The molecule has 0 bridgehead atoms. The van der Waals surface area contributed by atoms with Gasteiger partial charge in [-0.25, -0.2) is 9.67 Å². The molecule has 106 valence electrons. The number of fused-ring (bicyclic) bond motifs is 1. The Morgan fingerprint density at radius 3 is 2.86 bits per heavy atom. The normalized spacial score (nSPS) is 12.2. The number of para-hydroxylation sites is 1. The third-order valence-electron chi connectivity index (χ3n) is 3.01. The Hall–Kier alpha value is -2.54. The summed E-state index contributed by atoms with van der Waals surface area (Å²) in [5, 5.41) is 7.15. The van der Waals surface area contributed by atoms with Gasteiger partial charge >= 0.3 is 0 Å². The van der Waals surface area contributed by atoms with E-state index in [1.54, 1.807) is 6.92 Å². The van der Waals surface area contributed by atoms with Crippen LogP contribution in [0.1, 0.15) is 13.0 Å². The van der Waals surface area contributed by atoms with Crippen molar-refractivity contribution in [2.45, 2.75) is 13.0 Å². The second kappa shape index (κ2) is 5.45. The maximum Gasteiger partial charge on any atom is 0.267 e. The van der Waals surface area contributed by atoms with E-state index in [-0.39, 0.29) is 11.5 Å². The van der Waals surface area contributed by atoms with E-state index >= 15 is 0 Å². The molecule has 6 nitrogen and oxygen atoms in total. The molecule has 0 aliphatic rings. The third-order valence-corrected chi connectivity index (χ3v) is 3.96. The number of carbonyl (C=O) groups is 1. The van der Waals surface area contributed by atoms with Crippen molar-refractivity contribution in [3.63, 3.8) is 0 Å². The smallest absolute Gasteiger partial charge is 0.267 e. The molecule has 2 aromatic heterocycles. The first-order valence-electron chi connectivity index (χ1n) is 6.35. The molecule has 1 unspecified atom stereocenters. The van der Waals surface area contributed by atoms with Gasteiger partial charge < -0.3 is 5.32 Å². The molecule has 1 N–H and O–H groups in total. The second-order valence-electron chi connectivity index (χ2n) is 4.46. The minimum atomic E-state index is -0.703. The number of thiazole rings is 1. The first kappa shape index (κ1) is 13.4. The summed E-state index contributed by atoms with van der Waals surface area (Å²) in [6.45, 7) is 1.62. The molecule has 0 saturated carbocycles. The molecule has 3 aromatic rings. The van der Waals surface area contributed by atoms with Gasteiger partial charge in [0, 0.05) is 12.3 Å². The van der Waals surface area contributed by atoms with Crippen molar-refractivity contribution < 1.29 is 4.79 Å². The molecule has 0 radical (unpaired) electrons. The number of hydrogen-bond donors (Lipinski definition) is 1. The number of benzene rings is 1. The van der Waals surface area contributed by atoms with E-state index in [2.05, 4.69) is 15.4 Å². The summed E-state index contributed by atoms with van der Waals surface area (Å²) in [4.78, 5) is 28.2. The van der Waals surface area contributed by atoms with Crippen LogP contribution in [0.5, 0.6) is 0 Å². The van der Waals surface area contributed by atoms with Gasteiger partial charge in [0.2, 0.25) is 0 Å². The molecule has 0 aliphatic carbocycles. The summed E-state index contributed by atoms with van der Waals surface area (Å²) < 4.78 is 2.14. The van der Waals surface area contributed by atoms with Crippen LogP contribution < -0.4 is 10.9 Å². The van der Waals surface area contributed by atoms with Crippen LogP contribution in [0, 0.1) is 0 Å². The van der Waals surface area contributed by atoms with Gasteiger partial charge in [-0.2, -0.15) is 5.10 Å². The van der Waals surface area contributed by atoms with Crippen molar-refractivity contribution >= 4 is 32.6 Å². The highest BCUT2D eigenvalue weighted by Gasteiger charge is 2.18. The highest BCUT2D eigenvalue weighted by atomic mass is 32.1. The lowest BCUT2D eigenvalue weighted by atomic mass is 10.3. The summed E-state index contributed by atoms with van der Waals surface area (Å²) in [6.07, 6.45) is 1.48. The van der Waals surface area contributed by atoms with E-state index in [1.165, 1.54) is 29.7 Å². The molecular formula is C14H12N4O2S. The van der Waals surface area contributed by atoms with Crippen LogP contribution in [-0.2, 0) is 4.79 Å². The number of carbonyl (C=O) groups excluding carboxylic acids is 1. The zero-order valence-electron chi connectivity index (χ0n) is 11.2. The lowest BCUT2D eigenvalue weighted by molar-refractivity contribution is -0.119. The number of aromatic nitrogens is 3. The molecule has 0 spiro atoms. The Labute approximate surface area is 124 Å². The van der Waals surface area contributed by atoms with E-state index in [9.17, 15) is 9.59 Å². The van der Waals surface area contributed by atoms with Gasteiger partial charge in [0.15, 0.2) is 5.13 Å². The predicted molar refractivity (Wildman–Crippen MR) is 81.5 cm³/mol. The number of nitrogens with zero attached hydrogens (tertiary/aromatic N) is 3. The highest BCUT2D eigenvalue weighted by Crippen LogP contribution is 2.25. The van der Waals surface area contributed by atoms with Crippen molar-refractivity contribution in [3.8, 4) is 0 Å². The largest absolute Gasteiger partial charge is 0.300 e. The molecule has 0 fully saturated rings. The average molecular weight is 300 g/mol. The molecule has 0 aliphatic heterocycles. The van der Waals surface area contributed by atoms with Crippen molar-refractivity contribution in [1.29, 1.82) is 0 Å². The lowest BCUT2D eigenvalue weighted by Crippen LogP contribution is -2.32. The topological polar surface area (TPSA) is 76.9 Å². The van der Waals surface area contributed by atoms with Gasteiger partial charge in [-0.1, -0.05) is 23.5 Å². The molecule has 0 saturated heterocycles. The van der Waals surface area contributed by atoms with E-state index in [0.717, 1.165) is 14.9 Å². The lowest BCUT2D eigenvalue weighted by Gasteiger charge is -2.11. The standard InChI is InChI=1S/C14H12N4O2S/c1-9(18-12(19)7-4-8-15-18)13(20)17-14-16-10-5-2-3-6-11(10)21-14/h2-9H,1H3,(H,16,17,20). The maximum absolute atomic E-state index is 12.2. The van der Waals surface area contributed by atoms with E-state index in [0.29, 0.717) is 5.13 Å². The Morgan fingerprint density at radius 1 is 1.29 bits per heavy atom. The van der Waals surface area contributed by atoms with Crippen molar-refractivity contribution in [3.05, 3.63) is 52.9 Å². The minimum Gasteiger partial charge on any atom is -0.300 e. The summed E-state index contributed by atoms with van der Waals surface area (Å²) >= 11 is 1.39. The van der Waals surface area contributed by atoms with Crippen molar-refractivity contribution in [2.24, 2.45) is 0 Å². The zero-order valence-corrected chi connectivity index (χ0v) is 12.0. The molecule has 1 amide bonds. The molecular weight excluding hydrogens is 288 g/mol. The molecule has 1 atom stereocenters. The fraction of sp³-hybridized carbons (Fsp3) is 0.143. The molecule has 7 heteroatoms. The summed E-state index contributed by atoms with van der Waals surface area (Å²) in [5.41, 5.74) is 0.518. The van der Waals surface area contributed by atoms with Crippen LogP contribution in [-0.4, -0.2) is 20.7 Å². The molecule has 2 heterocycles. The van der Waals surface area contributed by atoms with E-state index < -0.39 is 6.04 Å². The quantitative estimate of drug-likeness (QED) is 0.803. The number of rotatable bonds is 3. The van der Waals surface area contributed by atoms with Gasteiger partial charge in [0.25, 0.3) is 11.5 Å². The highest BCUT2D eigenvalue weighted by molar-refractivity contribution is 7.22. The van der Waals surface area contributed by atoms with Gasteiger partial charge in [0.1, 0.15) is 6.04 Å². The van der Waals surface area contributed by atoms with Crippen LogP contribution in [0.2, 0.25) is 0 Å². The average Bonchev–Trinajstić information content (AvgIpc) is 2.89. The monoisotopic (exact) mass is 300 g/mol. The number of anilines is 1. The number of hydrogen-bond acceptors (Lipinski definition) is 5. The molecule has 21 heavy (non-hydrogen) atoms. The van der Waals surface area contributed by atoms with Gasteiger partial charge in [-0.05, 0) is 25.1 Å². The second-order valence-corrected chi connectivity index (χ2v) is 5.49. The Kier molecular flexibility index (Phi) is 3.49. The van der Waals surface area contributed by atoms with Crippen LogP contribution in [0.25, 0.3) is 10.2 Å². The Bertz CT molecular complexity index is 822. The molecule has 3 rings (SSSR count). The first-order valence-corrected chi connectivity index (χ1v) is 7.17. The zero-order chi connectivity index (χ0) is 14.8. The summed E-state index contributed by atoms with van der Waals surface area (Å²) in [5.74, 6) is -0.324. The van der Waals surface area contributed by atoms with E-state index in [1.807, 2.05) is 24.3 Å². The van der Waals surface area contributed by atoms with Crippen molar-refractivity contribution in [2.75, 3.05) is 5.32 Å². The predicted octanol–water partition coefficient (Wildman–Crippen LogP) is 2.05. The van der Waals surface area contributed by atoms with Crippen LogP contribution >= 0.6 is 11.3 Å². The SMILES string of the molecule is CC(C(=O)Nc1nc2ccccc2s1)n1ncccc1=O. The van der Waals surface area contributed by atoms with Crippen LogP contribution in [0.4, 0.5) is 5.13 Å². The summed E-state index contributed by atoms with van der Waals surface area (Å²) in [6, 6.07) is 9.84.